The maximum Gasteiger partial charge on any atom is 0.160 e. The van der Waals surface area contributed by atoms with E-state index in [1.165, 1.54) is 16.4 Å². The van der Waals surface area contributed by atoms with E-state index < -0.39 is 0 Å². The summed E-state index contributed by atoms with van der Waals surface area (Å²) in [5.41, 5.74) is 3.69. The number of aliphatic imine (C=N–C) groups is 1. The van der Waals surface area contributed by atoms with E-state index in [0.29, 0.717) is 6.04 Å². The molecule has 0 bridgehead atoms. The summed E-state index contributed by atoms with van der Waals surface area (Å²) in [6.07, 6.45) is 3.03. The van der Waals surface area contributed by atoms with Crippen LogP contribution in [0.2, 0.25) is 0 Å². The summed E-state index contributed by atoms with van der Waals surface area (Å²) >= 11 is 1.90. The van der Waals surface area contributed by atoms with E-state index in [9.17, 15) is 0 Å². The number of hydrogen-bond donors (Lipinski definition) is 0. The molecule has 0 saturated carbocycles. The summed E-state index contributed by atoms with van der Waals surface area (Å²) < 4.78 is 0. The minimum absolute atomic E-state index is 0.0716. The molecular formula is C22H28N4S. The molecular weight excluding hydrogens is 352 g/mol. The van der Waals surface area contributed by atoms with Gasteiger partial charge >= 0.3 is 0 Å². The Morgan fingerprint density at radius 1 is 1.07 bits per heavy atom. The molecule has 0 aliphatic carbocycles. The zero-order chi connectivity index (χ0) is 18.8. The molecule has 1 fully saturated rings. The highest BCUT2D eigenvalue weighted by atomic mass is 32.2. The molecule has 1 aromatic heterocycles. The van der Waals surface area contributed by atoms with Crippen molar-refractivity contribution < 1.29 is 0 Å². The Hall–Kier alpha value is -2.01. The molecule has 27 heavy (non-hydrogen) atoms. The molecule has 142 valence electrons. The van der Waals surface area contributed by atoms with Gasteiger partial charge in [0, 0.05) is 36.8 Å². The lowest BCUT2D eigenvalue weighted by Gasteiger charge is -2.32. The van der Waals surface area contributed by atoms with Gasteiger partial charge in [-0.3, -0.25) is 9.98 Å². The Labute approximate surface area is 166 Å². The van der Waals surface area contributed by atoms with Crippen LogP contribution in [-0.4, -0.2) is 39.9 Å². The third kappa shape index (κ3) is 3.33. The first kappa shape index (κ1) is 18.4. The van der Waals surface area contributed by atoms with Gasteiger partial charge in [-0.05, 0) is 50.1 Å². The van der Waals surface area contributed by atoms with Crippen LogP contribution in [0.1, 0.15) is 50.5 Å². The summed E-state index contributed by atoms with van der Waals surface area (Å²) in [6, 6.07) is 16.1. The fraction of sp³-hybridized carbons (Fsp3) is 0.455. The molecule has 0 N–H and O–H groups in total. The smallest absolute Gasteiger partial charge is 0.160 e. The van der Waals surface area contributed by atoms with Gasteiger partial charge in [0.15, 0.2) is 5.17 Å². The number of anilines is 1. The van der Waals surface area contributed by atoms with Gasteiger partial charge in [-0.1, -0.05) is 36.9 Å². The number of pyridine rings is 1. The molecule has 0 amide bonds. The zero-order valence-corrected chi connectivity index (χ0v) is 17.2. The van der Waals surface area contributed by atoms with E-state index in [-0.39, 0.29) is 12.1 Å². The number of thioether (sulfide) groups is 1. The van der Waals surface area contributed by atoms with Crippen LogP contribution in [0.15, 0.2) is 53.7 Å². The third-order valence-electron chi connectivity index (χ3n) is 5.69. The number of benzene rings is 1. The number of aromatic nitrogens is 1. The normalized spacial score (nSPS) is 24.0. The average molecular weight is 381 g/mol. The van der Waals surface area contributed by atoms with Gasteiger partial charge in [0.25, 0.3) is 0 Å². The summed E-state index contributed by atoms with van der Waals surface area (Å²) in [7, 11) is 0. The lowest BCUT2D eigenvalue weighted by Crippen LogP contribution is -2.35. The second-order valence-electron chi connectivity index (χ2n) is 7.10. The monoisotopic (exact) mass is 380 g/mol. The molecule has 2 aromatic rings. The van der Waals surface area contributed by atoms with Crippen LogP contribution in [0.25, 0.3) is 0 Å². The second-order valence-corrected chi connectivity index (χ2v) is 8.09. The van der Waals surface area contributed by atoms with Gasteiger partial charge in [-0.25, -0.2) is 0 Å². The van der Waals surface area contributed by atoms with Crippen LogP contribution >= 0.6 is 11.8 Å². The highest BCUT2D eigenvalue weighted by Gasteiger charge is 2.45. The predicted octanol–water partition coefficient (Wildman–Crippen LogP) is 4.91. The van der Waals surface area contributed by atoms with Crippen molar-refractivity contribution in [2.24, 2.45) is 4.99 Å². The van der Waals surface area contributed by atoms with Gasteiger partial charge in [0.05, 0.1) is 11.7 Å². The van der Waals surface area contributed by atoms with Crippen molar-refractivity contribution in [3.8, 4) is 0 Å². The Balaban J connectivity index is 1.71. The number of rotatable bonds is 6. The Bertz CT molecular complexity index is 786. The van der Waals surface area contributed by atoms with Crippen molar-refractivity contribution in [1.82, 2.24) is 9.88 Å². The van der Waals surface area contributed by atoms with E-state index in [1.807, 2.05) is 24.0 Å². The predicted molar refractivity (Wildman–Crippen MR) is 116 cm³/mol. The largest absolute Gasteiger partial charge is 0.372 e. The van der Waals surface area contributed by atoms with Crippen LogP contribution in [0.5, 0.6) is 0 Å². The lowest BCUT2D eigenvalue weighted by atomic mass is 9.95. The van der Waals surface area contributed by atoms with Gasteiger partial charge in [-0.15, -0.1) is 0 Å². The lowest BCUT2D eigenvalue weighted by molar-refractivity contribution is 0.255. The first-order valence-electron chi connectivity index (χ1n) is 10.0. The molecule has 0 spiro atoms. The van der Waals surface area contributed by atoms with Crippen molar-refractivity contribution in [2.45, 2.75) is 45.3 Å². The van der Waals surface area contributed by atoms with E-state index in [4.69, 9.17) is 4.99 Å². The fourth-order valence-corrected chi connectivity index (χ4v) is 5.52. The Kier molecular flexibility index (Phi) is 5.39. The van der Waals surface area contributed by atoms with Crippen LogP contribution in [-0.2, 0) is 0 Å². The minimum atomic E-state index is 0.0716. The number of nitrogens with zero attached hydrogens (tertiary/aromatic N) is 4. The Morgan fingerprint density at radius 3 is 2.48 bits per heavy atom. The molecule has 1 saturated heterocycles. The standard InChI is InChI=1S/C22H28N4S/c1-4-17-15-27-22-24-20(19-9-7-8-14-23-19)21(26(17)22)16-10-12-18(13-11-16)25(5-2)6-3/h7-14,17,20-21H,4-6,15H2,1-3H3/t17-,20+,21+/m1/s1. The highest BCUT2D eigenvalue weighted by Crippen LogP contribution is 2.48. The second kappa shape index (κ2) is 7.93. The molecule has 3 heterocycles. The van der Waals surface area contributed by atoms with Crippen molar-refractivity contribution in [2.75, 3.05) is 23.7 Å². The summed E-state index contributed by atoms with van der Waals surface area (Å²) in [4.78, 5) is 14.7. The summed E-state index contributed by atoms with van der Waals surface area (Å²) in [5, 5.41) is 1.19. The maximum absolute atomic E-state index is 5.10. The topological polar surface area (TPSA) is 31.7 Å². The molecule has 2 aliphatic rings. The first-order valence-corrected chi connectivity index (χ1v) is 11.0. The van der Waals surface area contributed by atoms with Crippen LogP contribution in [0.4, 0.5) is 5.69 Å². The van der Waals surface area contributed by atoms with E-state index in [2.05, 4.69) is 72.0 Å². The molecule has 5 heteroatoms. The molecule has 1 aromatic carbocycles. The molecule has 2 aliphatic heterocycles. The molecule has 0 radical (unpaired) electrons. The van der Waals surface area contributed by atoms with Crippen molar-refractivity contribution >= 4 is 22.6 Å². The Morgan fingerprint density at radius 2 is 1.85 bits per heavy atom. The number of amidine groups is 1. The molecule has 4 rings (SSSR count). The van der Waals surface area contributed by atoms with Gasteiger partial charge in [0.1, 0.15) is 6.04 Å². The summed E-state index contributed by atoms with van der Waals surface area (Å²) in [6.45, 7) is 8.76. The van der Waals surface area contributed by atoms with E-state index in [0.717, 1.165) is 31.0 Å². The van der Waals surface area contributed by atoms with Crippen LogP contribution < -0.4 is 4.90 Å². The molecule has 3 atom stereocenters. The van der Waals surface area contributed by atoms with Crippen molar-refractivity contribution in [1.29, 1.82) is 0 Å². The summed E-state index contributed by atoms with van der Waals surface area (Å²) in [5.74, 6) is 1.14. The van der Waals surface area contributed by atoms with Gasteiger partial charge in [0.2, 0.25) is 0 Å². The van der Waals surface area contributed by atoms with E-state index in [1.54, 1.807) is 0 Å². The van der Waals surface area contributed by atoms with Gasteiger partial charge in [-0.2, -0.15) is 0 Å². The van der Waals surface area contributed by atoms with Crippen LogP contribution in [0.3, 0.4) is 0 Å². The minimum Gasteiger partial charge on any atom is -0.372 e. The molecule has 4 nitrogen and oxygen atoms in total. The van der Waals surface area contributed by atoms with Crippen LogP contribution in [0, 0.1) is 0 Å². The average Bonchev–Trinajstić information content (AvgIpc) is 3.29. The SMILES string of the molecule is CC[C@@H]1CSC2=N[C@@H](c3ccccn3)[C@H](c3ccc(N(CC)CC)cc3)N21. The van der Waals surface area contributed by atoms with Crippen molar-refractivity contribution in [3.05, 3.63) is 59.9 Å². The number of fused-ring (bicyclic) bond motifs is 1. The number of hydrogen-bond acceptors (Lipinski definition) is 5. The molecule has 0 unspecified atom stereocenters. The fourth-order valence-electron chi connectivity index (χ4n) is 4.18. The van der Waals surface area contributed by atoms with Crippen molar-refractivity contribution in [3.63, 3.8) is 0 Å². The first-order chi connectivity index (χ1) is 13.3. The van der Waals surface area contributed by atoms with E-state index >= 15 is 0 Å². The maximum atomic E-state index is 5.10. The van der Waals surface area contributed by atoms with Gasteiger partial charge < -0.3 is 9.80 Å². The highest BCUT2D eigenvalue weighted by molar-refractivity contribution is 8.14. The third-order valence-corrected chi connectivity index (χ3v) is 6.82. The quantitative estimate of drug-likeness (QED) is 0.713. The zero-order valence-electron chi connectivity index (χ0n) is 16.4.